The van der Waals surface area contributed by atoms with Crippen LogP contribution in [0, 0.1) is 11.5 Å². The van der Waals surface area contributed by atoms with E-state index in [9.17, 15) is 0 Å². The Balaban J connectivity index is 1.83. The Hall–Kier alpha value is -3.31. The molecule has 120 valence electrons. The molecule has 4 rings (SSSR count). The average molecular weight is 323 g/mol. The van der Waals surface area contributed by atoms with Crippen LogP contribution in [0.25, 0.3) is 22.3 Å². The van der Waals surface area contributed by atoms with E-state index >= 15 is 0 Å². The molecule has 0 aliphatic heterocycles. The SMILES string of the molecule is C=CCc1cc(-c2cccc3c2Cc2ccccc2-3)ccc1OC#N. The minimum Gasteiger partial charge on any atom is -0.388 e. The molecule has 25 heavy (non-hydrogen) atoms. The van der Waals surface area contributed by atoms with Crippen molar-refractivity contribution < 1.29 is 4.74 Å². The van der Waals surface area contributed by atoms with Crippen molar-refractivity contribution in [3.8, 4) is 34.3 Å². The quantitative estimate of drug-likeness (QED) is 0.366. The van der Waals surface area contributed by atoms with Crippen molar-refractivity contribution in [2.45, 2.75) is 12.8 Å². The van der Waals surface area contributed by atoms with Gasteiger partial charge in [-0.1, -0.05) is 54.6 Å². The van der Waals surface area contributed by atoms with Crippen LogP contribution in [0.1, 0.15) is 16.7 Å². The van der Waals surface area contributed by atoms with Gasteiger partial charge in [-0.3, -0.25) is 0 Å². The zero-order valence-corrected chi connectivity index (χ0v) is 13.8. The van der Waals surface area contributed by atoms with Gasteiger partial charge in [0.05, 0.1) is 0 Å². The Morgan fingerprint density at radius 2 is 1.80 bits per heavy atom. The first-order valence-corrected chi connectivity index (χ1v) is 8.32. The molecule has 0 N–H and O–H groups in total. The molecule has 3 aromatic carbocycles. The Labute approximate surface area is 147 Å². The van der Waals surface area contributed by atoms with Gasteiger partial charge in [-0.25, -0.2) is 0 Å². The molecule has 1 aliphatic rings. The van der Waals surface area contributed by atoms with Gasteiger partial charge in [-0.2, -0.15) is 0 Å². The number of nitriles is 1. The highest BCUT2D eigenvalue weighted by atomic mass is 16.5. The summed E-state index contributed by atoms with van der Waals surface area (Å²) in [6.45, 7) is 3.81. The number of benzene rings is 3. The summed E-state index contributed by atoms with van der Waals surface area (Å²) in [5, 5.41) is 8.83. The normalized spacial score (nSPS) is 11.3. The maximum absolute atomic E-state index is 8.83. The first-order chi connectivity index (χ1) is 12.3. The Morgan fingerprint density at radius 3 is 2.64 bits per heavy atom. The van der Waals surface area contributed by atoms with Crippen molar-refractivity contribution in [2.24, 2.45) is 0 Å². The lowest BCUT2D eigenvalue weighted by Crippen LogP contribution is -1.93. The highest BCUT2D eigenvalue weighted by Gasteiger charge is 2.21. The summed E-state index contributed by atoms with van der Waals surface area (Å²) in [5.74, 6) is 0.599. The molecule has 0 spiro atoms. The van der Waals surface area contributed by atoms with Crippen molar-refractivity contribution in [3.63, 3.8) is 0 Å². The minimum absolute atomic E-state index is 0.599. The summed E-state index contributed by atoms with van der Waals surface area (Å²) >= 11 is 0. The van der Waals surface area contributed by atoms with Crippen molar-refractivity contribution in [1.82, 2.24) is 0 Å². The number of hydrogen-bond acceptors (Lipinski definition) is 2. The fourth-order valence-electron chi connectivity index (χ4n) is 3.64. The van der Waals surface area contributed by atoms with Crippen LogP contribution >= 0.6 is 0 Å². The topological polar surface area (TPSA) is 33.0 Å². The van der Waals surface area contributed by atoms with Gasteiger partial charge < -0.3 is 4.74 Å². The van der Waals surface area contributed by atoms with E-state index in [4.69, 9.17) is 10.00 Å². The summed E-state index contributed by atoms with van der Waals surface area (Å²) in [6, 6.07) is 21.1. The van der Waals surface area contributed by atoms with Crippen LogP contribution in [0.15, 0.2) is 73.3 Å². The van der Waals surface area contributed by atoms with Gasteiger partial charge in [0, 0.05) is 5.56 Å². The summed E-state index contributed by atoms with van der Waals surface area (Å²) in [6.07, 6.45) is 5.21. The number of fused-ring (bicyclic) bond motifs is 3. The molecule has 0 unspecified atom stereocenters. The van der Waals surface area contributed by atoms with Crippen LogP contribution in [-0.2, 0) is 12.8 Å². The molecule has 0 saturated carbocycles. The van der Waals surface area contributed by atoms with Gasteiger partial charge in [0.15, 0.2) is 0 Å². The molecule has 0 saturated heterocycles. The van der Waals surface area contributed by atoms with Crippen molar-refractivity contribution in [2.75, 3.05) is 0 Å². The number of hydrogen-bond donors (Lipinski definition) is 0. The third kappa shape index (κ3) is 2.60. The second-order valence-electron chi connectivity index (χ2n) is 6.17. The molecule has 2 nitrogen and oxygen atoms in total. The largest absolute Gasteiger partial charge is 0.388 e. The van der Waals surface area contributed by atoms with E-state index < -0.39 is 0 Å². The van der Waals surface area contributed by atoms with Gasteiger partial charge >= 0.3 is 0 Å². The van der Waals surface area contributed by atoms with Crippen LogP contribution in [-0.4, -0.2) is 0 Å². The van der Waals surface area contributed by atoms with Crippen LogP contribution in [0.5, 0.6) is 5.75 Å². The predicted octanol–water partition coefficient (Wildman–Crippen LogP) is 5.51. The molecule has 0 fully saturated rings. The molecular formula is C23H17NO. The van der Waals surface area contributed by atoms with Gasteiger partial charge in [-0.15, -0.1) is 11.8 Å². The lowest BCUT2D eigenvalue weighted by atomic mass is 9.94. The van der Waals surface area contributed by atoms with E-state index in [1.807, 2.05) is 18.2 Å². The zero-order chi connectivity index (χ0) is 17.2. The van der Waals surface area contributed by atoms with E-state index in [0.717, 1.165) is 17.5 Å². The second kappa shape index (κ2) is 6.30. The molecule has 0 aromatic heterocycles. The van der Waals surface area contributed by atoms with Crippen molar-refractivity contribution >= 4 is 0 Å². The fraction of sp³-hybridized carbons (Fsp3) is 0.0870. The average Bonchev–Trinajstić information content (AvgIpc) is 3.02. The number of nitrogens with zero attached hydrogens (tertiary/aromatic N) is 1. The third-order valence-electron chi connectivity index (χ3n) is 4.74. The van der Waals surface area contributed by atoms with Gasteiger partial charge in [0.2, 0.25) is 0 Å². The van der Waals surface area contributed by atoms with Crippen LogP contribution in [0.3, 0.4) is 0 Å². The molecular weight excluding hydrogens is 306 g/mol. The Bertz CT molecular complexity index is 1010. The summed E-state index contributed by atoms with van der Waals surface area (Å²) in [4.78, 5) is 0. The molecule has 0 radical (unpaired) electrons. The fourth-order valence-corrected chi connectivity index (χ4v) is 3.64. The smallest absolute Gasteiger partial charge is 0.292 e. The molecule has 0 heterocycles. The Morgan fingerprint density at radius 1 is 1.00 bits per heavy atom. The summed E-state index contributed by atoms with van der Waals surface area (Å²) < 4.78 is 5.08. The predicted molar refractivity (Wildman–Crippen MR) is 100 cm³/mol. The van der Waals surface area contributed by atoms with Crippen LogP contribution < -0.4 is 4.74 Å². The standard InChI is InChI=1S/C23H17NO/c1-2-6-18-13-17(11-12-23(18)25-15-24)20-9-5-10-21-19-8-4-3-7-16(19)14-22(20)21/h2-5,7-13H,1,6,14H2. The van der Waals surface area contributed by atoms with Gasteiger partial charge in [0.25, 0.3) is 6.26 Å². The molecule has 2 heteroatoms. The van der Waals surface area contributed by atoms with Crippen molar-refractivity contribution in [3.05, 3.63) is 90.0 Å². The van der Waals surface area contributed by atoms with E-state index in [0.29, 0.717) is 12.2 Å². The molecule has 0 amide bonds. The van der Waals surface area contributed by atoms with Gasteiger partial charge in [0.1, 0.15) is 5.75 Å². The number of allylic oxidation sites excluding steroid dienone is 1. The first-order valence-electron chi connectivity index (χ1n) is 8.32. The van der Waals surface area contributed by atoms with E-state index in [2.05, 4.69) is 55.1 Å². The lowest BCUT2D eigenvalue weighted by molar-refractivity contribution is 0.502. The third-order valence-corrected chi connectivity index (χ3v) is 4.74. The van der Waals surface area contributed by atoms with Crippen molar-refractivity contribution in [1.29, 1.82) is 5.26 Å². The lowest BCUT2D eigenvalue weighted by Gasteiger charge is -2.12. The molecule has 0 bridgehead atoms. The highest BCUT2D eigenvalue weighted by Crippen LogP contribution is 2.42. The molecule has 0 atom stereocenters. The maximum Gasteiger partial charge on any atom is 0.292 e. The van der Waals surface area contributed by atoms with Gasteiger partial charge in [-0.05, 0) is 58.4 Å². The summed E-state index contributed by atoms with van der Waals surface area (Å²) in [7, 11) is 0. The first kappa shape index (κ1) is 15.2. The highest BCUT2D eigenvalue weighted by molar-refractivity contribution is 5.85. The second-order valence-corrected chi connectivity index (χ2v) is 6.17. The summed E-state index contributed by atoms with van der Waals surface area (Å²) in [5.41, 5.74) is 8.74. The number of rotatable bonds is 4. The number of ether oxygens (including phenoxy) is 1. The minimum atomic E-state index is 0.599. The van der Waals surface area contributed by atoms with E-state index in [1.54, 1.807) is 6.26 Å². The zero-order valence-electron chi connectivity index (χ0n) is 13.8. The Kier molecular flexibility index (Phi) is 3.84. The van der Waals surface area contributed by atoms with Crippen LogP contribution in [0.4, 0.5) is 0 Å². The monoisotopic (exact) mass is 323 g/mol. The maximum atomic E-state index is 8.83. The molecule has 3 aromatic rings. The van der Waals surface area contributed by atoms with Crippen LogP contribution in [0.2, 0.25) is 0 Å². The van der Waals surface area contributed by atoms with E-state index in [1.165, 1.54) is 27.8 Å². The molecule has 1 aliphatic carbocycles. The van der Waals surface area contributed by atoms with E-state index in [-0.39, 0.29) is 0 Å².